The lowest BCUT2D eigenvalue weighted by atomic mass is 9.98. The Kier molecular flexibility index (Phi) is 3.80. The highest BCUT2D eigenvalue weighted by molar-refractivity contribution is 5.93. The topological polar surface area (TPSA) is 98.3 Å². The summed E-state index contributed by atoms with van der Waals surface area (Å²) < 4.78 is 1.78. The highest BCUT2D eigenvalue weighted by Gasteiger charge is 2.66. The van der Waals surface area contributed by atoms with Gasteiger partial charge >= 0.3 is 0 Å². The highest BCUT2D eigenvalue weighted by atomic mass is 16.5. The maximum atomic E-state index is 12.3. The Morgan fingerprint density at radius 2 is 2.07 bits per heavy atom. The number of hydrogen-bond acceptors (Lipinski definition) is 5. The van der Waals surface area contributed by atoms with Gasteiger partial charge in [-0.15, -0.1) is 0 Å². The Hall–Kier alpha value is -3.18. The SMILES string of the molecule is CN1C(=O)C(O)(C#Cc2cccc(-c3nc(C(O)O)c4ccccn34)c2)C2CC21. The van der Waals surface area contributed by atoms with Gasteiger partial charge in [-0.1, -0.05) is 30.0 Å². The van der Waals surface area contributed by atoms with E-state index < -0.39 is 11.9 Å². The zero-order valence-electron chi connectivity index (χ0n) is 15.6. The maximum Gasteiger partial charge on any atom is 0.267 e. The number of carbonyl (C=O) groups is 1. The summed E-state index contributed by atoms with van der Waals surface area (Å²) >= 11 is 0. The normalized spacial score (nSPS) is 25.3. The number of hydrogen-bond donors (Lipinski definition) is 3. The third-order valence-electron chi connectivity index (χ3n) is 5.78. The summed E-state index contributed by atoms with van der Waals surface area (Å²) in [6.07, 6.45) is 0.889. The van der Waals surface area contributed by atoms with E-state index >= 15 is 0 Å². The van der Waals surface area contributed by atoms with Gasteiger partial charge in [0.2, 0.25) is 5.60 Å². The van der Waals surface area contributed by atoms with Crippen molar-refractivity contribution in [3.8, 4) is 23.2 Å². The van der Waals surface area contributed by atoms with Gasteiger partial charge < -0.3 is 20.2 Å². The van der Waals surface area contributed by atoms with Gasteiger partial charge in [0.1, 0.15) is 11.5 Å². The quantitative estimate of drug-likeness (QED) is 0.447. The maximum absolute atomic E-state index is 12.3. The number of benzene rings is 1. The number of piperidine rings is 1. The van der Waals surface area contributed by atoms with Crippen LogP contribution in [0.2, 0.25) is 0 Å². The number of pyridine rings is 1. The van der Waals surface area contributed by atoms with Crippen LogP contribution >= 0.6 is 0 Å². The molecular formula is C22H19N3O4. The van der Waals surface area contributed by atoms with Gasteiger partial charge in [-0.25, -0.2) is 4.98 Å². The van der Waals surface area contributed by atoms with Gasteiger partial charge in [0.25, 0.3) is 5.91 Å². The molecule has 1 saturated carbocycles. The molecule has 1 aliphatic carbocycles. The summed E-state index contributed by atoms with van der Waals surface area (Å²) in [7, 11) is 1.70. The molecule has 3 heterocycles. The van der Waals surface area contributed by atoms with Crippen LogP contribution in [0.25, 0.3) is 16.9 Å². The molecule has 146 valence electrons. The molecule has 3 aromatic rings. The standard InChI is InChI=1S/C22H19N3O4/c1-24-17-12-15(17)22(29,21(24)28)9-8-13-5-4-6-14(11-13)19-23-18(20(26)27)16-7-2-3-10-25(16)19/h2-7,10-11,15,17,20,26-27,29H,12H2,1H3. The first-order valence-corrected chi connectivity index (χ1v) is 9.36. The molecular weight excluding hydrogens is 370 g/mol. The fourth-order valence-corrected chi connectivity index (χ4v) is 4.14. The Bertz CT molecular complexity index is 1210. The van der Waals surface area contributed by atoms with Crippen LogP contribution in [0, 0.1) is 17.8 Å². The average Bonchev–Trinajstić information content (AvgIpc) is 3.40. The number of amides is 1. The third kappa shape index (κ3) is 2.65. The first-order valence-electron chi connectivity index (χ1n) is 9.36. The molecule has 3 atom stereocenters. The van der Waals surface area contributed by atoms with Crippen LogP contribution < -0.4 is 0 Å². The molecule has 1 amide bonds. The molecule has 1 aromatic carbocycles. The third-order valence-corrected chi connectivity index (χ3v) is 5.78. The second-order valence-electron chi connectivity index (χ2n) is 7.57. The van der Waals surface area contributed by atoms with E-state index in [1.54, 1.807) is 46.8 Å². The van der Waals surface area contributed by atoms with Crippen molar-refractivity contribution in [3.63, 3.8) is 0 Å². The van der Waals surface area contributed by atoms with Gasteiger partial charge in [0.15, 0.2) is 6.29 Å². The number of fused-ring (bicyclic) bond motifs is 2. The van der Waals surface area contributed by atoms with Crippen molar-refractivity contribution >= 4 is 11.4 Å². The van der Waals surface area contributed by atoms with Crippen molar-refractivity contribution in [1.82, 2.24) is 14.3 Å². The molecule has 3 N–H and O–H groups in total. The van der Waals surface area contributed by atoms with Crippen molar-refractivity contribution in [1.29, 1.82) is 0 Å². The van der Waals surface area contributed by atoms with Gasteiger partial charge in [-0.3, -0.25) is 9.20 Å². The molecule has 0 spiro atoms. The second-order valence-corrected chi connectivity index (χ2v) is 7.57. The van der Waals surface area contributed by atoms with Crippen LogP contribution in [0.5, 0.6) is 0 Å². The van der Waals surface area contributed by atoms with Gasteiger partial charge in [0.05, 0.1) is 5.52 Å². The number of rotatable bonds is 2. The van der Waals surface area contributed by atoms with Crippen LogP contribution in [-0.4, -0.2) is 54.2 Å². The lowest BCUT2D eigenvalue weighted by molar-refractivity contribution is -0.140. The Morgan fingerprint density at radius 1 is 1.24 bits per heavy atom. The average molecular weight is 389 g/mol. The van der Waals surface area contributed by atoms with E-state index in [-0.39, 0.29) is 23.6 Å². The predicted octanol–water partition coefficient (Wildman–Crippen LogP) is 0.928. The minimum absolute atomic E-state index is 0.0905. The van der Waals surface area contributed by atoms with Crippen molar-refractivity contribution < 1.29 is 20.1 Å². The summed E-state index contributed by atoms with van der Waals surface area (Å²) in [4.78, 5) is 18.3. The molecule has 2 aromatic heterocycles. The molecule has 7 nitrogen and oxygen atoms in total. The summed E-state index contributed by atoms with van der Waals surface area (Å²) in [5, 5.41) is 30.0. The lowest BCUT2D eigenvalue weighted by Gasteiger charge is -2.18. The highest BCUT2D eigenvalue weighted by Crippen LogP contribution is 2.50. The van der Waals surface area contributed by atoms with Crippen molar-refractivity contribution in [2.75, 3.05) is 7.05 Å². The van der Waals surface area contributed by atoms with E-state index in [1.807, 2.05) is 18.2 Å². The number of nitrogens with zero attached hydrogens (tertiary/aromatic N) is 3. The fraction of sp³-hybridized carbons (Fsp3) is 0.273. The Labute approximate surface area is 166 Å². The van der Waals surface area contributed by atoms with Crippen molar-refractivity contribution in [3.05, 3.63) is 59.9 Å². The van der Waals surface area contributed by atoms with E-state index in [1.165, 1.54) is 0 Å². The Morgan fingerprint density at radius 3 is 2.79 bits per heavy atom. The molecule has 0 bridgehead atoms. The monoisotopic (exact) mass is 389 g/mol. The van der Waals surface area contributed by atoms with Gasteiger partial charge in [-0.2, -0.15) is 0 Å². The molecule has 1 saturated heterocycles. The largest absolute Gasteiger partial charge is 0.369 e. The molecule has 3 unspecified atom stereocenters. The van der Waals surface area contributed by atoms with Crippen molar-refractivity contribution in [2.45, 2.75) is 24.4 Å². The summed E-state index contributed by atoms with van der Waals surface area (Å²) in [5.41, 5.74) is 0.516. The number of imidazole rings is 1. The number of carbonyl (C=O) groups excluding carboxylic acids is 1. The number of aliphatic hydroxyl groups excluding tert-OH is 1. The first kappa shape index (κ1) is 17.9. The molecule has 29 heavy (non-hydrogen) atoms. The first-order chi connectivity index (χ1) is 13.9. The van der Waals surface area contributed by atoms with E-state index in [4.69, 9.17) is 0 Å². The summed E-state index contributed by atoms with van der Waals surface area (Å²) in [6, 6.07) is 12.7. The minimum Gasteiger partial charge on any atom is -0.369 e. The zero-order valence-corrected chi connectivity index (χ0v) is 15.6. The van der Waals surface area contributed by atoms with E-state index in [9.17, 15) is 20.1 Å². The van der Waals surface area contributed by atoms with Gasteiger partial charge in [-0.05, 0) is 30.7 Å². The van der Waals surface area contributed by atoms with Gasteiger partial charge in [0, 0.05) is 36.3 Å². The second kappa shape index (κ2) is 6.16. The summed E-state index contributed by atoms with van der Waals surface area (Å²) in [6.45, 7) is 0. The molecule has 5 rings (SSSR count). The molecule has 1 aliphatic heterocycles. The number of likely N-dealkylation sites (tertiary alicyclic amines) is 1. The van der Waals surface area contributed by atoms with Crippen LogP contribution in [-0.2, 0) is 4.79 Å². The number of aliphatic hydroxyl groups is 3. The van der Waals surface area contributed by atoms with E-state index in [0.29, 0.717) is 16.9 Å². The van der Waals surface area contributed by atoms with E-state index in [2.05, 4.69) is 16.8 Å². The van der Waals surface area contributed by atoms with E-state index in [0.717, 1.165) is 12.0 Å². The van der Waals surface area contributed by atoms with Crippen LogP contribution in [0.4, 0.5) is 0 Å². The zero-order chi connectivity index (χ0) is 20.3. The fourth-order valence-electron chi connectivity index (χ4n) is 4.14. The van der Waals surface area contributed by atoms with Crippen molar-refractivity contribution in [2.24, 2.45) is 5.92 Å². The molecule has 0 radical (unpaired) electrons. The Balaban J connectivity index is 1.54. The van der Waals surface area contributed by atoms with Crippen LogP contribution in [0.15, 0.2) is 48.7 Å². The number of aromatic nitrogens is 2. The summed E-state index contributed by atoms with van der Waals surface area (Å²) in [5.74, 6) is 5.81. The molecule has 7 heteroatoms. The van der Waals surface area contributed by atoms with Crippen LogP contribution in [0.1, 0.15) is 24.0 Å². The molecule has 2 aliphatic rings. The smallest absolute Gasteiger partial charge is 0.267 e. The van der Waals surface area contributed by atoms with Crippen LogP contribution in [0.3, 0.4) is 0 Å². The number of likely N-dealkylation sites (N-methyl/N-ethyl adjacent to an activating group) is 1. The molecule has 2 fully saturated rings. The predicted molar refractivity (Wildman–Crippen MR) is 104 cm³/mol. The minimum atomic E-state index is -1.68. The lowest BCUT2D eigenvalue weighted by Crippen LogP contribution is -2.41.